The molecule has 0 aromatic rings. The van der Waals surface area contributed by atoms with Crippen LogP contribution in [-0.2, 0) is 0 Å². The summed E-state index contributed by atoms with van der Waals surface area (Å²) in [4.78, 5) is 0. The zero-order valence-electron chi connectivity index (χ0n) is 7.65. The van der Waals surface area contributed by atoms with Crippen LogP contribution in [0.5, 0.6) is 0 Å². The third kappa shape index (κ3) is 6.73. The summed E-state index contributed by atoms with van der Waals surface area (Å²) in [5.74, 6) is 0. The summed E-state index contributed by atoms with van der Waals surface area (Å²) >= 11 is 0. The van der Waals surface area contributed by atoms with Crippen molar-refractivity contribution < 1.29 is 5.11 Å². The molecule has 0 amide bonds. The van der Waals surface area contributed by atoms with Crippen molar-refractivity contribution in [1.82, 2.24) is 0 Å². The first-order valence-corrected chi connectivity index (χ1v) is 11.1. The van der Waals surface area contributed by atoms with Crippen molar-refractivity contribution in [2.75, 3.05) is 0 Å². The lowest BCUT2D eigenvalue weighted by Gasteiger charge is -2.19. The van der Waals surface area contributed by atoms with Crippen LogP contribution in [0.3, 0.4) is 0 Å². The van der Waals surface area contributed by atoms with E-state index in [0.29, 0.717) is 0 Å². The Hall–Kier alpha value is 0.611. The van der Waals surface area contributed by atoms with Crippen molar-refractivity contribution in [2.45, 2.75) is 37.1 Å². The van der Waals surface area contributed by atoms with Crippen LogP contribution in [0.15, 0.2) is 0 Å². The lowest BCUT2D eigenvalue weighted by Crippen LogP contribution is -2.30. The van der Waals surface area contributed by atoms with Crippen molar-refractivity contribution in [3.8, 4) is 0 Å². The van der Waals surface area contributed by atoms with E-state index in [-0.39, 0.29) is 15.2 Å². The molecule has 1 nitrogen and oxygen atoms in total. The second kappa shape index (κ2) is 4.48. The van der Waals surface area contributed by atoms with E-state index < -0.39 is 8.07 Å². The van der Waals surface area contributed by atoms with Crippen molar-refractivity contribution in [2.24, 2.45) is 0 Å². The second-order valence-electron chi connectivity index (χ2n) is 4.21. The molecule has 4 heteroatoms. The maximum atomic E-state index is 9.50. The molecule has 1 unspecified atom stereocenters. The van der Waals surface area contributed by atoms with E-state index in [9.17, 15) is 5.11 Å². The van der Waals surface area contributed by atoms with Gasteiger partial charge in [-0.25, -0.2) is 0 Å². The van der Waals surface area contributed by atoms with Crippen molar-refractivity contribution >= 4 is 27.8 Å². The summed E-state index contributed by atoms with van der Waals surface area (Å²) in [5, 5.41) is 9.50. The number of hydrogen-bond donors (Lipinski definition) is 1. The Morgan fingerprint density at radius 2 is 2.00 bits per heavy atom. The quantitative estimate of drug-likeness (QED) is 0.599. The zero-order valence-corrected chi connectivity index (χ0v) is 12.1. The van der Waals surface area contributed by atoms with Gasteiger partial charge in [-0.2, -0.15) is 0 Å². The van der Waals surface area contributed by atoms with Crippen LogP contribution in [0, 0.1) is 0 Å². The third-order valence-electron chi connectivity index (χ3n) is 1.47. The van der Waals surface area contributed by atoms with Gasteiger partial charge in [0.1, 0.15) is 0 Å². The Morgan fingerprint density at radius 3 is 2.30 bits per heavy atom. The average Bonchev–Trinajstić information content (AvgIpc) is 1.59. The lowest BCUT2D eigenvalue weighted by atomic mass is 10.8. The maximum absolute atomic E-state index is 9.50. The van der Waals surface area contributed by atoms with E-state index in [1.54, 1.807) is 0 Å². The molecule has 0 rings (SSSR count). The number of rotatable bonds is 4. The number of aliphatic hydroxyl groups is 1. The fourth-order valence-corrected chi connectivity index (χ4v) is 8.64. The summed E-state index contributed by atoms with van der Waals surface area (Å²) in [7, 11) is 0.256. The first-order chi connectivity index (χ1) is 4.45. The van der Waals surface area contributed by atoms with Crippen molar-refractivity contribution in [3.63, 3.8) is 0 Å². The van der Waals surface area contributed by atoms with Gasteiger partial charge in [-0.1, -0.05) is 25.3 Å². The van der Waals surface area contributed by atoms with Gasteiger partial charge in [-0.15, -0.1) is 0 Å². The highest BCUT2D eigenvalue weighted by Gasteiger charge is 2.17. The van der Waals surface area contributed by atoms with Gasteiger partial charge in [0.2, 0.25) is 0 Å². The fourth-order valence-electron chi connectivity index (χ4n) is 1.14. The Morgan fingerprint density at radius 1 is 1.50 bits per heavy atom. The van der Waals surface area contributed by atoms with Crippen LogP contribution in [0.25, 0.3) is 0 Å². The standard InChI is InChI=1S/C6H20OSi3/c1-10(2,3)4-6(7)9-5-8/h6-7H,4-5,9H2,1-3,8H3. The number of aliphatic hydroxyl groups excluding tert-OH is 1. The molecule has 62 valence electrons. The van der Waals surface area contributed by atoms with Gasteiger partial charge in [0.15, 0.2) is 0 Å². The smallest absolute Gasteiger partial charge is 0.0515 e. The summed E-state index contributed by atoms with van der Waals surface area (Å²) < 4.78 is 0. The van der Waals surface area contributed by atoms with Crippen molar-refractivity contribution in [1.29, 1.82) is 0 Å². The molecule has 0 radical (unpaired) electrons. The molecule has 0 aromatic heterocycles. The minimum Gasteiger partial charge on any atom is -0.398 e. The highest BCUT2D eigenvalue weighted by Crippen LogP contribution is 2.10. The fraction of sp³-hybridized carbons (Fsp3) is 1.00. The van der Waals surface area contributed by atoms with Crippen LogP contribution >= 0.6 is 0 Å². The lowest BCUT2D eigenvalue weighted by molar-refractivity contribution is 0.270. The zero-order chi connectivity index (χ0) is 8.20. The van der Waals surface area contributed by atoms with Crippen molar-refractivity contribution in [3.05, 3.63) is 0 Å². The van der Waals surface area contributed by atoms with Gasteiger partial charge in [0.05, 0.1) is 9.52 Å². The Balaban J connectivity index is 3.47. The minimum atomic E-state index is -0.957. The predicted molar refractivity (Wildman–Crippen MR) is 57.4 cm³/mol. The molecule has 0 saturated heterocycles. The van der Waals surface area contributed by atoms with E-state index >= 15 is 0 Å². The Bertz CT molecular complexity index is 89.5. The van der Waals surface area contributed by atoms with Gasteiger partial charge < -0.3 is 5.11 Å². The monoisotopic (exact) mass is 192 g/mol. The van der Waals surface area contributed by atoms with Crippen LogP contribution in [0.2, 0.25) is 31.4 Å². The molecule has 1 atom stereocenters. The summed E-state index contributed by atoms with van der Waals surface area (Å²) in [6.45, 7) is 6.99. The highest BCUT2D eigenvalue weighted by atomic mass is 28.3. The first kappa shape index (κ1) is 10.6. The molecule has 0 aliphatic carbocycles. The third-order valence-corrected chi connectivity index (χ3v) is 7.01. The minimum absolute atomic E-state index is 0.0817. The molecule has 1 N–H and O–H groups in total. The first-order valence-electron chi connectivity index (χ1n) is 4.14. The topological polar surface area (TPSA) is 20.2 Å². The molecule has 10 heavy (non-hydrogen) atoms. The van der Waals surface area contributed by atoms with Crippen LogP contribution in [-0.4, -0.2) is 38.7 Å². The van der Waals surface area contributed by atoms with E-state index in [0.717, 1.165) is 6.04 Å². The second-order valence-corrected chi connectivity index (χ2v) is 15.3. The van der Waals surface area contributed by atoms with Gasteiger partial charge in [-0.3, -0.25) is 0 Å². The van der Waals surface area contributed by atoms with Gasteiger partial charge >= 0.3 is 0 Å². The molecule has 0 spiro atoms. The highest BCUT2D eigenvalue weighted by molar-refractivity contribution is 6.77. The van der Waals surface area contributed by atoms with Gasteiger partial charge in [-0.05, 0) is 16.3 Å². The van der Waals surface area contributed by atoms with Crippen LogP contribution < -0.4 is 0 Å². The maximum Gasteiger partial charge on any atom is 0.0515 e. The van der Waals surface area contributed by atoms with E-state index in [1.807, 2.05) is 0 Å². The van der Waals surface area contributed by atoms with Crippen LogP contribution in [0.1, 0.15) is 0 Å². The molecular weight excluding hydrogens is 172 g/mol. The molecule has 0 heterocycles. The van der Waals surface area contributed by atoms with E-state index in [2.05, 4.69) is 19.6 Å². The van der Waals surface area contributed by atoms with Gasteiger partial charge in [0, 0.05) is 13.8 Å². The summed E-state index contributed by atoms with van der Waals surface area (Å²) in [6.07, 6.45) is 0. The normalized spacial score (nSPS) is 16.8. The Labute approximate surface area is 70.5 Å². The molecule has 0 aromatic carbocycles. The molecule has 0 fully saturated rings. The summed E-state index contributed by atoms with van der Waals surface area (Å²) in [6, 6.07) is 1.14. The van der Waals surface area contributed by atoms with Gasteiger partial charge in [0.25, 0.3) is 0 Å². The van der Waals surface area contributed by atoms with E-state index in [1.165, 1.54) is 15.9 Å². The van der Waals surface area contributed by atoms with Crippen LogP contribution in [0.4, 0.5) is 0 Å². The Kier molecular flexibility index (Phi) is 4.75. The van der Waals surface area contributed by atoms with E-state index in [4.69, 9.17) is 0 Å². The molecule has 0 bridgehead atoms. The number of hydrogen-bond acceptors (Lipinski definition) is 1. The molecule has 0 aliphatic heterocycles. The average molecular weight is 192 g/mol. The SMILES string of the molecule is C[Si](C)(C)CC(O)[SiH2]C[SiH3]. The molecule has 0 aliphatic rings. The molecular formula is C6H20OSi3. The summed E-state index contributed by atoms with van der Waals surface area (Å²) in [5.41, 5.74) is 1.52. The predicted octanol–water partition coefficient (Wildman–Crippen LogP) is -0.447. The largest absolute Gasteiger partial charge is 0.398 e. The molecule has 0 saturated carbocycles.